The molecule has 0 saturated heterocycles. The summed E-state index contributed by atoms with van der Waals surface area (Å²) in [6, 6.07) is 0.233. The minimum atomic E-state index is 0.233. The maximum absolute atomic E-state index is 4.18. The molecule has 1 fully saturated rings. The van der Waals surface area contributed by atoms with E-state index in [2.05, 4.69) is 41.6 Å². The second kappa shape index (κ2) is 6.27. The van der Waals surface area contributed by atoms with E-state index in [9.17, 15) is 0 Å². The first-order valence-corrected chi connectivity index (χ1v) is 7.21. The average Bonchev–Trinajstić information content (AvgIpc) is 2.97. The molecule has 5 nitrogen and oxygen atoms in total. The standard InChI is InChI=1S/C13H25N5/c1-4-8-14-11(3)13-15-16-17-18(13)9-12-7-5-6-10(12)2/h10-12,14H,4-9H2,1-3H3. The van der Waals surface area contributed by atoms with Gasteiger partial charge in [0.25, 0.3) is 0 Å². The molecule has 1 heterocycles. The molecule has 1 aliphatic rings. The van der Waals surface area contributed by atoms with Crippen LogP contribution in [0, 0.1) is 11.8 Å². The first-order valence-electron chi connectivity index (χ1n) is 7.21. The molecule has 18 heavy (non-hydrogen) atoms. The van der Waals surface area contributed by atoms with Gasteiger partial charge in [0.1, 0.15) is 0 Å². The summed E-state index contributed by atoms with van der Waals surface area (Å²) >= 11 is 0. The molecule has 2 rings (SSSR count). The zero-order valence-corrected chi connectivity index (χ0v) is 11.8. The Bertz CT molecular complexity index is 362. The lowest BCUT2D eigenvalue weighted by Crippen LogP contribution is -2.25. The number of rotatable bonds is 6. The largest absolute Gasteiger partial charge is 0.307 e. The fraction of sp³-hybridized carbons (Fsp3) is 0.923. The van der Waals surface area contributed by atoms with Crippen LogP contribution >= 0.6 is 0 Å². The van der Waals surface area contributed by atoms with Crippen molar-refractivity contribution in [2.24, 2.45) is 11.8 Å². The van der Waals surface area contributed by atoms with Crippen LogP contribution in [0.5, 0.6) is 0 Å². The quantitative estimate of drug-likeness (QED) is 0.842. The fourth-order valence-corrected chi connectivity index (χ4v) is 2.82. The molecule has 1 aromatic rings. The van der Waals surface area contributed by atoms with E-state index in [4.69, 9.17) is 0 Å². The Morgan fingerprint density at radius 1 is 1.44 bits per heavy atom. The highest BCUT2D eigenvalue weighted by Crippen LogP contribution is 2.32. The molecule has 0 amide bonds. The van der Waals surface area contributed by atoms with Crippen LogP contribution in [-0.4, -0.2) is 26.8 Å². The van der Waals surface area contributed by atoms with Crippen LogP contribution in [-0.2, 0) is 6.54 Å². The van der Waals surface area contributed by atoms with Gasteiger partial charge in [-0.1, -0.05) is 26.7 Å². The smallest absolute Gasteiger partial charge is 0.167 e. The molecule has 102 valence electrons. The van der Waals surface area contributed by atoms with E-state index in [0.717, 1.165) is 37.2 Å². The number of hydrogen-bond donors (Lipinski definition) is 1. The lowest BCUT2D eigenvalue weighted by atomic mass is 9.98. The number of nitrogens with zero attached hydrogens (tertiary/aromatic N) is 4. The second-order valence-electron chi connectivity index (χ2n) is 5.56. The molecule has 1 N–H and O–H groups in total. The monoisotopic (exact) mass is 251 g/mol. The number of nitrogens with one attached hydrogen (secondary N) is 1. The Balaban J connectivity index is 1.98. The van der Waals surface area contributed by atoms with Crippen molar-refractivity contribution >= 4 is 0 Å². The summed E-state index contributed by atoms with van der Waals surface area (Å²) in [5.41, 5.74) is 0. The average molecular weight is 251 g/mol. The first-order chi connectivity index (χ1) is 8.72. The van der Waals surface area contributed by atoms with Gasteiger partial charge in [-0.05, 0) is 48.6 Å². The van der Waals surface area contributed by atoms with Crippen molar-refractivity contribution in [3.63, 3.8) is 0 Å². The van der Waals surface area contributed by atoms with E-state index in [0.29, 0.717) is 0 Å². The predicted octanol–water partition coefficient (Wildman–Crippen LogP) is 2.17. The third-order valence-electron chi connectivity index (χ3n) is 4.09. The maximum Gasteiger partial charge on any atom is 0.167 e. The SMILES string of the molecule is CCCNC(C)c1nnnn1CC1CCCC1C. The molecule has 1 aliphatic carbocycles. The Kier molecular flexibility index (Phi) is 4.69. The predicted molar refractivity (Wildman–Crippen MR) is 71.0 cm³/mol. The van der Waals surface area contributed by atoms with Gasteiger partial charge in [0, 0.05) is 6.54 Å². The number of aromatic nitrogens is 4. The molecule has 0 aromatic carbocycles. The summed E-state index contributed by atoms with van der Waals surface area (Å²) < 4.78 is 2.00. The zero-order valence-electron chi connectivity index (χ0n) is 11.8. The van der Waals surface area contributed by atoms with Crippen molar-refractivity contribution in [3.05, 3.63) is 5.82 Å². The normalized spacial score (nSPS) is 25.5. The van der Waals surface area contributed by atoms with Gasteiger partial charge in [-0.2, -0.15) is 0 Å². The molecule has 0 aliphatic heterocycles. The Morgan fingerprint density at radius 2 is 2.28 bits per heavy atom. The van der Waals surface area contributed by atoms with E-state index < -0.39 is 0 Å². The van der Waals surface area contributed by atoms with Crippen LogP contribution in [0.25, 0.3) is 0 Å². The fourth-order valence-electron chi connectivity index (χ4n) is 2.82. The topological polar surface area (TPSA) is 55.6 Å². The molecular weight excluding hydrogens is 226 g/mol. The van der Waals surface area contributed by atoms with Crippen LogP contribution in [0.4, 0.5) is 0 Å². The molecule has 0 bridgehead atoms. The molecule has 3 unspecified atom stereocenters. The molecular formula is C13H25N5. The van der Waals surface area contributed by atoms with E-state index >= 15 is 0 Å². The highest BCUT2D eigenvalue weighted by atomic mass is 15.5. The zero-order chi connectivity index (χ0) is 13.0. The van der Waals surface area contributed by atoms with Crippen LogP contribution in [0.2, 0.25) is 0 Å². The van der Waals surface area contributed by atoms with E-state index in [1.54, 1.807) is 0 Å². The summed E-state index contributed by atoms with van der Waals surface area (Å²) in [6.45, 7) is 8.63. The van der Waals surface area contributed by atoms with Crippen molar-refractivity contribution in [3.8, 4) is 0 Å². The molecule has 0 spiro atoms. The molecule has 1 aromatic heterocycles. The van der Waals surface area contributed by atoms with Gasteiger partial charge in [0.2, 0.25) is 0 Å². The van der Waals surface area contributed by atoms with Crippen molar-refractivity contribution in [2.75, 3.05) is 6.54 Å². The number of hydrogen-bond acceptors (Lipinski definition) is 4. The minimum absolute atomic E-state index is 0.233. The van der Waals surface area contributed by atoms with Crippen LogP contribution in [0.15, 0.2) is 0 Å². The molecule has 1 saturated carbocycles. The third kappa shape index (κ3) is 3.07. The Labute approximate surface area is 109 Å². The van der Waals surface area contributed by atoms with E-state index in [-0.39, 0.29) is 6.04 Å². The summed E-state index contributed by atoms with van der Waals surface area (Å²) in [5, 5.41) is 15.6. The van der Waals surface area contributed by atoms with Gasteiger partial charge < -0.3 is 5.32 Å². The Morgan fingerprint density at radius 3 is 2.94 bits per heavy atom. The molecule has 3 atom stereocenters. The second-order valence-corrected chi connectivity index (χ2v) is 5.56. The van der Waals surface area contributed by atoms with Crippen molar-refractivity contribution in [1.29, 1.82) is 0 Å². The van der Waals surface area contributed by atoms with Crippen LogP contribution < -0.4 is 5.32 Å². The van der Waals surface area contributed by atoms with Gasteiger partial charge in [0.15, 0.2) is 5.82 Å². The van der Waals surface area contributed by atoms with E-state index in [1.807, 2.05) is 4.68 Å². The van der Waals surface area contributed by atoms with Gasteiger partial charge in [0.05, 0.1) is 6.04 Å². The lowest BCUT2D eigenvalue weighted by molar-refractivity contribution is 0.331. The van der Waals surface area contributed by atoms with Gasteiger partial charge in [-0.15, -0.1) is 5.10 Å². The van der Waals surface area contributed by atoms with Crippen molar-refractivity contribution in [2.45, 2.75) is 59.0 Å². The third-order valence-corrected chi connectivity index (χ3v) is 4.09. The van der Waals surface area contributed by atoms with Crippen LogP contribution in [0.1, 0.15) is 58.3 Å². The van der Waals surface area contributed by atoms with Crippen molar-refractivity contribution in [1.82, 2.24) is 25.5 Å². The molecule has 5 heteroatoms. The summed E-state index contributed by atoms with van der Waals surface area (Å²) in [4.78, 5) is 0. The minimum Gasteiger partial charge on any atom is -0.307 e. The summed E-state index contributed by atoms with van der Waals surface area (Å²) in [7, 11) is 0. The van der Waals surface area contributed by atoms with Crippen LogP contribution in [0.3, 0.4) is 0 Å². The highest BCUT2D eigenvalue weighted by molar-refractivity contribution is 4.90. The Hall–Kier alpha value is -0.970. The van der Waals surface area contributed by atoms with Gasteiger partial charge in [-0.25, -0.2) is 4.68 Å². The maximum atomic E-state index is 4.18. The van der Waals surface area contributed by atoms with Gasteiger partial charge in [-0.3, -0.25) is 0 Å². The van der Waals surface area contributed by atoms with Crippen molar-refractivity contribution < 1.29 is 0 Å². The first kappa shape index (κ1) is 13.5. The highest BCUT2D eigenvalue weighted by Gasteiger charge is 2.25. The molecule has 0 radical (unpaired) electrons. The van der Waals surface area contributed by atoms with Gasteiger partial charge >= 0.3 is 0 Å². The number of tetrazole rings is 1. The lowest BCUT2D eigenvalue weighted by Gasteiger charge is -2.18. The van der Waals surface area contributed by atoms with E-state index in [1.165, 1.54) is 19.3 Å². The summed E-state index contributed by atoms with van der Waals surface area (Å²) in [6.07, 6.45) is 5.15. The summed E-state index contributed by atoms with van der Waals surface area (Å²) in [5.74, 6) is 2.52.